The average Bonchev–Trinajstić information content (AvgIpc) is 3.05. The summed E-state index contributed by atoms with van der Waals surface area (Å²) in [5, 5.41) is 25.2. The second-order valence-corrected chi connectivity index (χ2v) is 4.57. The van der Waals surface area contributed by atoms with Gasteiger partial charge in [-0.3, -0.25) is 10.1 Å². The van der Waals surface area contributed by atoms with Crippen LogP contribution in [0.1, 0.15) is 5.82 Å². The zero-order valence-electron chi connectivity index (χ0n) is 11.9. The number of nitro groups is 1. The molecule has 0 saturated heterocycles. The Kier molecular flexibility index (Phi) is 4.05. The molecular formula is C15H12N6O2. The van der Waals surface area contributed by atoms with Crippen LogP contribution in [0.25, 0.3) is 11.8 Å². The number of nitrogens with zero attached hydrogens (tertiary/aromatic N) is 5. The normalized spacial score (nSPS) is 10.8. The maximum absolute atomic E-state index is 10.6. The van der Waals surface area contributed by atoms with E-state index in [0.29, 0.717) is 5.82 Å². The molecule has 0 atom stereocenters. The van der Waals surface area contributed by atoms with Gasteiger partial charge in [0.25, 0.3) is 5.69 Å². The summed E-state index contributed by atoms with van der Waals surface area (Å²) in [4.78, 5) is 10.2. The number of nitrogens with one attached hydrogen (secondary N) is 1. The van der Waals surface area contributed by atoms with Crippen LogP contribution in [0.3, 0.4) is 0 Å². The summed E-state index contributed by atoms with van der Waals surface area (Å²) in [5.41, 5.74) is 1.63. The van der Waals surface area contributed by atoms with Gasteiger partial charge in [-0.2, -0.15) is 4.68 Å². The maximum Gasteiger partial charge on any atom is 0.269 e. The summed E-state index contributed by atoms with van der Waals surface area (Å²) in [6.07, 6.45) is 3.39. The molecular weight excluding hydrogens is 296 g/mol. The van der Waals surface area contributed by atoms with Crippen LogP contribution in [-0.4, -0.2) is 25.1 Å². The van der Waals surface area contributed by atoms with Crippen molar-refractivity contribution < 1.29 is 4.92 Å². The van der Waals surface area contributed by atoms with Crippen molar-refractivity contribution in [2.75, 3.05) is 5.32 Å². The molecule has 1 N–H and O–H groups in total. The Bertz CT molecular complexity index is 827. The standard InChI is InChI=1S/C15H12N6O2/c22-21(23)14-8-6-12(7-9-14)16-11-10-15-17-18-19-20(15)13-4-2-1-3-5-13/h1-11,16H/b11-10+. The topological polar surface area (TPSA) is 98.8 Å². The number of anilines is 1. The van der Waals surface area contributed by atoms with Crippen LogP contribution in [0.4, 0.5) is 11.4 Å². The molecule has 0 aliphatic rings. The van der Waals surface area contributed by atoms with Gasteiger partial charge < -0.3 is 5.32 Å². The van der Waals surface area contributed by atoms with Crippen molar-refractivity contribution >= 4 is 17.5 Å². The molecule has 3 rings (SSSR count). The van der Waals surface area contributed by atoms with E-state index in [-0.39, 0.29) is 5.69 Å². The molecule has 23 heavy (non-hydrogen) atoms. The van der Waals surface area contributed by atoms with Gasteiger partial charge >= 0.3 is 0 Å². The number of hydrogen-bond acceptors (Lipinski definition) is 6. The Morgan fingerprint density at radius 3 is 2.52 bits per heavy atom. The van der Waals surface area contributed by atoms with Crippen molar-refractivity contribution in [1.82, 2.24) is 20.2 Å². The van der Waals surface area contributed by atoms with Crippen molar-refractivity contribution in [2.45, 2.75) is 0 Å². The van der Waals surface area contributed by atoms with Crippen molar-refractivity contribution in [3.63, 3.8) is 0 Å². The summed E-state index contributed by atoms with van der Waals surface area (Å²) < 4.78 is 1.61. The molecule has 0 saturated carbocycles. The molecule has 0 amide bonds. The highest BCUT2D eigenvalue weighted by atomic mass is 16.6. The van der Waals surface area contributed by atoms with Crippen molar-refractivity contribution in [3.8, 4) is 5.69 Å². The van der Waals surface area contributed by atoms with Gasteiger partial charge in [0.15, 0.2) is 5.82 Å². The lowest BCUT2D eigenvalue weighted by atomic mass is 10.3. The Labute approximate surface area is 131 Å². The van der Waals surface area contributed by atoms with E-state index in [1.807, 2.05) is 30.3 Å². The molecule has 0 radical (unpaired) electrons. The fraction of sp³-hybridized carbons (Fsp3) is 0. The van der Waals surface area contributed by atoms with E-state index >= 15 is 0 Å². The van der Waals surface area contributed by atoms with E-state index in [2.05, 4.69) is 20.8 Å². The molecule has 3 aromatic rings. The van der Waals surface area contributed by atoms with Gasteiger partial charge in [0, 0.05) is 30.1 Å². The molecule has 0 unspecified atom stereocenters. The van der Waals surface area contributed by atoms with E-state index in [4.69, 9.17) is 0 Å². The number of rotatable bonds is 5. The molecule has 1 aromatic heterocycles. The number of non-ortho nitro benzene ring substituents is 1. The number of aromatic nitrogens is 4. The van der Waals surface area contributed by atoms with Crippen LogP contribution in [0, 0.1) is 10.1 Å². The average molecular weight is 308 g/mol. The first kappa shape index (κ1) is 14.4. The number of tetrazole rings is 1. The van der Waals surface area contributed by atoms with Gasteiger partial charge in [-0.1, -0.05) is 18.2 Å². The molecule has 0 fully saturated rings. The lowest BCUT2D eigenvalue weighted by Crippen LogP contribution is -1.99. The van der Waals surface area contributed by atoms with E-state index in [1.54, 1.807) is 29.1 Å². The summed E-state index contributed by atoms with van der Waals surface area (Å²) >= 11 is 0. The predicted octanol–water partition coefficient (Wildman–Crippen LogP) is 2.65. The zero-order chi connectivity index (χ0) is 16.1. The highest BCUT2D eigenvalue weighted by Gasteiger charge is 2.05. The highest BCUT2D eigenvalue weighted by molar-refractivity contribution is 5.54. The fourth-order valence-electron chi connectivity index (χ4n) is 1.94. The van der Waals surface area contributed by atoms with Crippen molar-refractivity contribution in [1.29, 1.82) is 0 Å². The summed E-state index contributed by atoms with van der Waals surface area (Å²) in [5.74, 6) is 0.561. The van der Waals surface area contributed by atoms with Crippen LogP contribution in [-0.2, 0) is 0 Å². The largest absolute Gasteiger partial charge is 0.362 e. The third-order valence-electron chi connectivity index (χ3n) is 3.05. The van der Waals surface area contributed by atoms with E-state index < -0.39 is 4.92 Å². The molecule has 114 valence electrons. The van der Waals surface area contributed by atoms with Crippen LogP contribution >= 0.6 is 0 Å². The summed E-state index contributed by atoms with van der Waals surface area (Å²) in [7, 11) is 0. The third-order valence-corrected chi connectivity index (χ3v) is 3.05. The van der Waals surface area contributed by atoms with Crippen molar-refractivity contribution in [3.05, 3.63) is 76.7 Å². The third kappa shape index (κ3) is 3.38. The number of hydrogen-bond donors (Lipinski definition) is 1. The lowest BCUT2D eigenvalue weighted by molar-refractivity contribution is -0.384. The minimum Gasteiger partial charge on any atom is -0.362 e. The second kappa shape index (κ2) is 6.48. The minimum atomic E-state index is -0.437. The van der Waals surface area contributed by atoms with Gasteiger partial charge in [-0.05, 0) is 34.7 Å². The molecule has 2 aromatic carbocycles. The molecule has 1 heterocycles. The SMILES string of the molecule is O=[N+]([O-])c1ccc(N/C=C/c2nnnn2-c2ccccc2)cc1. The number of nitro benzene ring substituents is 1. The quantitative estimate of drug-likeness (QED) is 0.574. The maximum atomic E-state index is 10.6. The van der Waals surface area contributed by atoms with Crippen molar-refractivity contribution in [2.24, 2.45) is 0 Å². The van der Waals surface area contributed by atoms with Gasteiger partial charge in [0.1, 0.15) is 0 Å². The first-order valence-electron chi connectivity index (χ1n) is 6.75. The predicted molar refractivity (Wildman–Crippen MR) is 84.9 cm³/mol. The zero-order valence-corrected chi connectivity index (χ0v) is 11.9. The molecule has 8 nitrogen and oxygen atoms in total. The highest BCUT2D eigenvalue weighted by Crippen LogP contribution is 2.15. The molecule has 0 aliphatic carbocycles. The minimum absolute atomic E-state index is 0.0487. The van der Waals surface area contributed by atoms with Crippen LogP contribution < -0.4 is 5.32 Å². The van der Waals surface area contributed by atoms with Gasteiger partial charge in [-0.15, -0.1) is 5.10 Å². The second-order valence-electron chi connectivity index (χ2n) is 4.57. The Hall–Kier alpha value is -3.55. The first-order chi connectivity index (χ1) is 11.2. The fourth-order valence-corrected chi connectivity index (χ4v) is 1.94. The number of para-hydroxylation sites is 1. The molecule has 0 aliphatic heterocycles. The smallest absolute Gasteiger partial charge is 0.269 e. The van der Waals surface area contributed by atoms with Crippen LogP contribution in [0.5, 0.6) is 0 Å². The number of benzene rings is 2. The Balaban J connectivity index is 1.72. The van der Waals surface area contributed by atoms with E-state index in [9.17, 15) is 10.1 Å². The van der Waals surface area contributed by atoms with E-state index in [0.717, 1.165) is 11.4 Å². The summed E-state index contributed by atoms with van der Waals surface area (Å²) in [6, 6.07) is 15.6. The first-order valence-corrected chi connectivity index (χ1v) is 6.75. The van der Waals surface area contributed by atoms with Crippen LogP contribution in [0.2, 0.25) is 0 Å². The van der Waals surface area contributed by atoms with Crippen LogP contribution in [0.15, 0.2) is 60.8 Å². The molecule has 8 heteroatoms. The Morgan fingerprint density at radius 2 is 1.83 bits per heavy atom. The van der Waals surface area contributed by atoms with Gasteiger partial charge in [0.05, 0.1) is 10.6 Å². The van der Waals surface area contributed by atoms with Gasteiger partial charge in [0.2, 0.25) is 0 Å². The molecule has 0 spiro atoms. The summed E-state index contributed by atoms with van der Waals surface area (Å²) in [6.45, 7) is 0. The Morgan fingerprint density at radius 1 is 1.09 bits per heavy atom. The molecule has 0 bridgehead atoms. The lowest BCUT2D eigenvalue weighted by Gasteiger charge is -2.01. The van der Waals surface area contributed by atoms with E-state index in [1.165, 1.54) is 12.1 Å². The monoisotopic (exact) mass is 308 g/mol. The van der Waals surface area contributed by atoms with Gasteiger partial charge in [-0.25, -0.2) is 0 Å².